The Balaban J connectivity index is 1.63. The Bertz CT molecular complexity index is 863. The lowest BCUT2D eigenvalue weighted by Crippen LogP contribution is -2.38. The molecule has 3 rings (SSSR count). The minimum Gasteiger partial charge on any atom is -0.497 e. The summed E-state index contributed by atoms with van der Waals surface area (Å²) in [5.41, 5.74) is 2.72. The van der Waals surface area contributed by atoms with Gasteiger partial charge >= 0.3 is 0 Å². The van der Waals surface area contributed by atoms with Gasteiger partial charge in [0, 0.05) is 29.9 Å². The monoisotopic (exact) mass is 382 g/mol. The number of hydrogen-bond acceptors (Lipinski definition) is 4. The number of carbonyl (C=O) groups is 2. The van der Waals surface area contributed by atoms with Gasteiger partial charge in [-0.1, -0.05) is 19.9 Å². The van der Waals surface area contributed by atoms with E-state index in [2.05, 4.69) is 5.32 Å². The molecule has 148 valence electrons. The molecule has 1 heterocycles. The molecule has 0 bridgehead atoms. The summed E-state index contributed by atoms with van der Waals surface area (Å²) in [5, 5.41) is 2.86. The maximum absolute atomic E-state index is 12.4. The van der Waals surface area contributed by atoms with Gasteiger partial charge in [-0.2, -0.15) is 0 Å². The van der Waals surface area contributed by atoms with E-state index in [4.69, 9.17) is 9.47 Å². The number of fused-ring (bicyclic) bond motifs is 1. The molecule has 0 saturated heterocycles. The molecule has 0 aliphatic carbocycles. The average Bonchev–Trinajstić information content (AvgIpc) is 2.71. The number of ether oxygens (including phenoxy) is 2. The summed E-state index contributed by atoms with van der Waals surface area (Å²) in [4.78, 5) is 26.5. The fourth-order valence-electron chi connectivity index (χ4n) is 3.25. The summed E-state index contributed by atoms with van der Waals surface area (Å²) in [5.74, 6) is 1.09. The first-order valence-electron chi connectivity index (χ1n) is 9.49. The van der Waals surface area contributed by atoms with Crippen molar-refractivity contribution < 1.29 is 19.1 Å². The molecular formula is C22H26N2O4. The highest BCUT2D eigenvalue weighted by Crippen LogP contribution is 2.30. The van der Waals surface area contributed by atoms with Crippen LogP contribution in [0.15, 0.2) is 42.5 Å². The number of anilines is 2. The van der Waals surface area contributed by atoms with Crippen LogP contribution in [0.25, 0.3) is 0 Å². The first-order chi connectivity index (χ1) is 13.5. The Hall–Kier alpha value is -3.02. The summed E-state index contributed by atoms with van der Waals surface area (Å²) < 4.78 is 10.7. The number of hydrogen-bond donors (Lipinski definition) is 1. The summed E-state index contributed by atoms with van der Waals surface area (Å²) >= 11 is 0. The lowest BCUT2D eigenvalue weighted by molar-refractivity contribution is -0.121. The van der Waals surface area contributed by atoms with Crippen molar-refractivity contribution >= 4 is 23.2 Å². The van der Waals surface area contributed by atoms with Crippen LogP contribution in [-0.2, 0) is 16.0 Å². The van der Waals surface area contributed by atoms with E-state index in [9.17, 15) is 9.59 Å². The molecule has 2 aromatic carbocycles. The number of aryl methyl sites for hydroxylation is 1. The molecule has 0 radical (unpaired) electrons. The molecule has 0 saturated carbocycles. The zero-order chi connectivity index (χ0) is 20.1. The van der Waals surface area contributed by atoms with Gasteiger partial charge in [-0.05, 0) is 48.7 Å². The number of amides is 2. The molecule has 1 aliphatic rings. The molecule has 6 nitrogen and oxygen atoms in total. The van der Waals surface area contributed by atoms with E-state index in [1.165, 1.54) is 0 Å². The molecule has 1 aliphatic heterocycles. The molecule has 1 N–H and O–H groups in total. The number of nitrogens with one attached hydrogen (secondary N) is 1. The predicted octanol–water partition coefficient (Wildman–Crippen LogP) is 3.65. The first kappa shape index (κ1) is 19.7. The normalized spacial score (nSPS) is 13.1. The van der Waals surface area contributed by atoms with Crippen molar-refractivity contribution in [1.82, 2.24) is 0 Å². The number of rotatable bonds is 6. The summed E-state index contributed by atoms with van der Waals surface area (Å²) in [7, 11) is 1.58. The molecule has 2 aromatic rings. The van der Waals surface area contributed by atoms with Crippen molar-refractivity contribution in [3.8, 4) is 11.5 Å². The van der Waals surface area contributed by atoms with Crippen molar-refractivity contribution in [2.24, 2.45) is 5.92 Å². The van der Waals surface area contributed by atoms with Gasteiger partial charge in [0.15, 0.2) is 6.61 Å². The van der Waals surface area contributed by atoms with Crippen molar-refractivity contribution in [3.05, 3.63) is 48.0 Å². The second kappa shape index (κ2) is 8.78. The molecule has 2 amide bonds. The van der Waals surface area contributed by atoms with Gasteiger partial charge in [0.1, 0.15) is 11.5 Å². The largest absolute Gasteiger partial charge is 0.497 e. The van der Waals surface area contributed by atoms with Crippen molar-refractivity contribution in [2.75, 3.05) is 30.5 Å². The zero-order valence-electron chi connectivity index (χ0n) is 16.5. The highest BCUT2D eigenvalue weighted by atomic mass is 16.5. The molecule has 6 heteroatoms. The number of carbonyl (C=O) groups excluding carboxylic acids is 2. The van der Waals surface area contributed by atoms with Crippen LogP contribution in [0.5, 0.6) is 11.5 Å². The second-order valence-electron chi connectivity index (χ2n) is 7.11. The molecule has 28 heavy (non-hydrogen) atoms. The van der Waals surface area contributed by atoms with Crippen LogP contribution < -0.4 is 19.7 Å². The molecule has 0 atom stereocenters. The quantitative estimate of drug-likeness (QED) is 0.828. The van der Waals surface area contributed by atoms with Crippen molar-refractivity contribution in [3.63, 3.8) is 0 Å². The number of benzene rings is 2. The van der Waals surface area contributed by atoms with E-state index in [1.807, 2.05) is 43.0 Å². The molecule has 0 aromatic heterocycles. The number of methoxy groups -OCH3 is 1. The van der Waals surface area contributed by atoms with Crippen LogP contribution in [0.2, 0.25) is 0 Å². The van der Waals surface area contributed by atoms with E-state index in [-0.39, 0.29) is 24.3 Å². The highest BCUT2D eigenvalue weighted by molar-refractivity contribution is 5.97. The van der Waals surface area contributed by atoms with Gasteiger partial charge in [0.2, 0.25) is 5.91 Å². The zero-order valence-corrected chi connectivity index (χ0v) is 16.5. The third kappa shape index (κ3) is 4.63. The maximum Gasteiger partial charge on any atom is 0.262 e. The maximum atomic E-state index is 12.4. The van der Waals surface area contributed by atoms with Gasteiger partial charge in [-0.15, -0.1) is 0 Å². The lowest BCUT2D eigenvalue weighted by Gasteiger charge is -2.31. The van der Waals surface area contributed by atoms with E-state index >= 15 is 0 Å². The first-order valence-corrected chi connectivity index (χ1v) is 9.49. The van der Waals surface area contributed by atoms with Gasteiger partial charge in [-0.3, -0.25) is 9.59 Å². The predicted molar refractivity (Wildman–Crippen MR) is 109 cm³/mol. The van der Waals surface area contributed by atoms with Crippen LogP contribution in [0, 0.1) is 5.92 Å². The van der Waals surface area contributed by atoms with E-state index in [1.54, 1.807) is 25.3 Å². The van der Waals surface area contributed by atoms with Gasteiger partial charge < -0.3 is 19.7 Å². The van der Waals surface area contributed by atoms with Gasteiger partial charge in [0.25, 0.3) is 5.91 Å². The number of nitrogens with zero attached hydrogens (tertiary/aromatic N) is 1. The SMILES string of the molecule is COc1cccc(OCC(=O)Nc2ccc3c(c2)CCCN3C(=O)C(C)C)c1. The van der Waals surface area contributed by atoms with Crippen LogP contribution in [0.1, 0.15) is 25.8 Å². The van der Waals surface area contributed by atoms with Crippen LogP contribution in [-0.4, -0.2) is 32.1 Å². The molecule has 0 unspecified atom stereocenters. The van der Waals surface area contributed by atoms with Crippen LogP contribution >= 0.6 is 0 Å². The van der Waals surface area contributed by atoms with Crippen LogP contribution in [0.3, 0.4) is 0 Å². The van der Waals surface area contributed by atoms with Crippen LogP contribution in [0.4, 0.5) is 11.4 Å². The molecular weight excluding hydrogens is 356 g/mol. The molecule has 0 fully saturated rings. The fraction of sp³-hybridized carbons (Fsp3) is 0.364. The topological polar surface area (TPSA) is 67.9 Å². The third-order valence-corrected chi connectivity index (χ3v) is 4.65. The average molecular weight is 382 g/mol. The summed E-state index contributed by atoms with van der Waals surface area (Å²) in [6.45, 7) is 4.47. The fourth-order valence-corrected chi connectivity index (χ4v) is 3.25. The lowest BCUT2D eigenvalue weighted by atomic mass is 9.99. The van der Waals surface area contributed by atoms with Crippen molar-refractivity contribution in [2.45, 2.75) is 26.7 Å². The Morgan fingerprint density at radius 1 is 1.14 bits per heavy atom. The Kier molecular flexibility index (Phi) is 6.19. The third-order valence-electron chi connectivity index (χ3n) is 4.65. The summed E-state index contributed by atoms with van der Waals surface area (Å²) in [6.07, 6.45) is 1.81. The van der Waals surface area contributed by atoms with Gasteiger partial charge in [-0.25, -0.2) is 0 Å². The molecule has 0 spiro atoms. The highest BCUT2D eigenvalue weighted by Gasteiger charge is 2.24. The van der Waals surface area contributed by atoms with Crippen molar-refractivity contribution in [1.29, 1.82) is 0 Å². The smallest absolute Gasteiger partial charge is 0.262 e. The van der Waals surface area contributed by atoms with Gasteiger partial charge in [0.05, 0.1) is 7.11 Å². The standard InChI is InChI=1S/C22H26N2O4/c1-15(2)22(26)24-11-5-6-16-12-17(9-10-20(16)24)23-21(25)14-28-19-8-4-7-18(13-19)27-3/h4,7-10,12-13,15H,5-6,11,14H2,1-3H3,(H,23,25). The van der Waals surface area contributed by atoms with E-state index < -0.39 is 0 Å². The Labute approximate surface area is 165 Å². The van der Waals surface area contributed by atoms with E-state index in [0.29, 0.717) is 17.2 Å². The minimum atomic E-state index is -0.242. The second-order valence-corrected chi connectivity index (χ2v) is 7.11. The minimum absolute atomic E-state index is 0.0425. The Morgan fingerprint density at radius 2 is 1.93 bits per heavy atom. The Morgan fingerprint density at radius 3 is 2.68 bits per heavy atom. The summed E-state index contributed by atoms with van der Waals surface area (Å²) in [6, 6.07) is 12.8. The van der Waals surface area contributed by atoms with E-state index in [0.717, 1.165) is 30.6 Å².